The van der Waals surface area contributed by atoms with Gasteiger partial charge in [-0.15, -0.1) is 5.10 Å². The van der Waals surface area contributed by atoms with Gasteiger partial charge in [-0.2, -0.15) is 0 Å². The van der Waals surface area contributed by atoms with Gasteiger partial charge >= 0.3 is 0 Å². The van der Waals surface area contributed by atoms with Crippen LogP contribution in [0.3, 0.4) is 0 Å². The standard InChI is InChI=1S/C12H11BrN6/c1-8-4-15-9(5-14-8)6-16-11-2-3-12-17-7-10(13)19(12)18-11/h2-5,7H,6H2,1H3,(H,16,18). The lowest BCUT2D eigenvalue weighted by Crippen LogP contribution is -2.06. The number of aromatic nitrogens is 5. The first-order valence-corrected chi connectivity index (χ1v) is 6.53. The predicted octanol–water partition coefficient (Wildman–Crippen LogP) is 2.20. The highest BCUT2D eigenvalue weighted by Gasteiger charge is 2.03. The fourth-order valence-electron chi connectivity index (χ4n) is 1.63. The van der Waals surface area contributed by atoms with Gasteiger partial charge in [0.1, 0.15) is 10.4 Å². The lowest BCUT2D eigenvalue weighted by Gasteiger charge is -2.05. The molecule has 0 aliphatic heterocycles. The summed E-state index contributed by atoms with van der Waals surface area (Å²) in [5.41, 5.74) is 2.58. The summed E-state index contributed by atoms with van der Waals surface area (Å²) in [5, 5.41) is 7.62. The highest BCUT2D eigenvalue weighted by Crippen LogP contribution is 2.13. The van der Waals surface area contributed by atoms with Gasteiger partial charge in [-0.1, -0.05) is 0 Å². The molecule has 3 heterocycles. The van der Waals surface area contributed by atoms with Crippen LogP contribution in [0.15, 0.2) is 35.3 Å². The molecule has 3 aromatic rings. The van der Waals surface area contributed by atoms with Crippen molar-refractivity contribution in [3.63, 3.8) is 0 Å². The Bertz CT molecular complexity index is 706. The molecule has 0 spiro atoms. The van der Waals surface area contributed by atoms with Crippen molar-refractivity contribution in [2.24, 2.45) is 0 Å². The van der Waals surface area contributed by atoms with Crippen molar-refractivity contribution in [3.05, 3.63) is 46.7 Å². The maximum atomic E-state index is 4.42. The van der Waals surface area contributed by atoms with Crippen molar-refractivity contribution in [1.82, 2.24) is 24.6 Å². The fraction of sp³-hybridized carbons (Fsp3) is 0.167. The van der Waals surface area contributed by atoms with Crippen molar-refractivity contribution in [1.29, 1.82) is 0 Å². The molecule has 0 atom stereocenters. The first-order valence-electron chi connectivity index (χ1n) is 5.74. The summed E-state index contributed by atoms with van der Waals surface area (Å²) in [5.74, 6) is 0.758. The van der Waals surface area contributed by atoms with E-state index in [9.17, 15) is 0 Å². The predicted molar refractivity (Wildman–Crippen MR) is 74.8 cm³/mol. The molecule has 19 heavy (non-hydrogen) atoms. The number of aryl methyl sites for hydroxylation is 1. The van der Waals surface area contributed by atoms with E-state index in [-0.39, 0.29) is 0 Å². The molecule has 3 aromatic heterocycles. The molecule has 0 unspecified atom stereocenters. The molecule has 0 aliphatic carbocycles. The van der Waals surface area contributed by atoms with Gasteiger partial charge in [-0.3, -0.25) is 9.97 Å². The van der Waals surface area contributed by atoms with Crippen LogP contribution in [0, 0.1) is 6.92 Å². The summed E-state index contributed by atoms with van der Waals surface area (Å²) in [6.07, 6.45) is 5.23. The number of imidazole rings is 1. The molecule has 0 amide bonds. The van der Waals surface area contributed by atoms with Crippen LogP contribution in [-0.2, 0) is 6.54 Å². The van der Waals surface area contributed by atoms with Crippen LogP contribution in [0.2, 0.25) is 0 Å². The Morgan fingerprint density at radius 1 is 1.16 bits per heavy atom. The number of halogens is 1. The lowest BCUT2D eigenvalue weighted by atomic mass is 10.4. The molecule has 96 valence electrons. The molecular weight excluding hydrogens is 308 g/mol. The van der Waals surface area contributed by atoms with Crippen molar-refractivity contribution >= 4 is 27.4 Å². The Balaban J connectivity index is 1.77. The number of rotatable bonds is 3. The van der Waals surface area contributed by atoms with Crippen LogP contribution in [0.5, 0.6) is 0 Å². The highest BCUT2D eigenvalue weighted by atomic mass is 79.9. The SMILES string of the molecule is Cc1cnc(CNc2ccc3ncc(Br)n3n2)cn1. The largest absolute Gasteiger partial charge is 0.363 e. The van der Waals surface area contributed by atoms with E-state index in [1.165, 1.54) is 0 Å². The van der Waals surface area contributed by atoms with Gasteiger partial charge in [0.15, 0.2) is 5.65 Å². The second-order valence-corrected chi connectivity index (χ2v) is 4.88. The molecule has 0 aromatic carbocycles. The molecule has 7 heteroatoms. The summed E-state index contributed by atoms with van der Waals surface area (Å²) in [4.78, 5) is 12.7. The second-order valence-electron chi connectivity index (χ2n) is 4.07. The van der Waals surface area contributed by atoms with Crippen LogP contribution in [0.1, 0.15) is 11.4 Å². The van der Waals surface area contributed by atoms with Crippen molar-refractivity contribution in [3.8, 4) is 0 Å². The van der Waals surface area contributed by atoms with E-state index >= 15 is 0 Å². The third-order valence-corrected chi connectivity index (χ3v) is 3.15. The van der Waals surface area contributed by atoms with E-state index in [0.717, 1.165) is 27.5 Å². The second kappa shape index (κ2) is 4.93. The molecule has 0 saturated heterocycles. The van der Waals surface area contributed by atoms with Gasteiger partial charge in [0.25, 0.3) is 0 Å². The summed E-state index contributed by atoms with van der Waals surface area (Å²) < 4.78 is 2.55. The van der Waals surface area contributed by atoms with Crippen LogP contribution < -0.4 is 5.32 Å². The first kappa shape index (κ1) is 12.0. The Labute approximate surface area is 118 Å². The monoisotopic (exact) mass is 318 g/mol. The van der Waals surface area contributed by atoms with Crippen LogP contribution >= 0.6 is 15.9 Å². The minimum atomic E-state index is 0.581. The Hall–Kier alpha value is -2.02. The third kappa shape index (κ3) is 2.55. The molecule has 0 radical (unpaired) electrons. The van der Waals surface area contributed by atoms with Crippen molar-refractivity contribution in [2.75, 3.05) is 5.32 Å². The zero-order valence-corrected chi connectivity index (χ0v) is 11.8. The number of nitrogens with zero attached hydrogens (tertiary/aromatic N) is 5. The number of hydrogen-bond donors (Lipinski definition) is 1. The minimum absolute atomic E-state index is 0.581. The van der Waals surface area contributed by atoms with Crippen LogP contribution in [-0.4, -0.2) is 24.6 Å². The van der Waals surface area contributed by atoms with Crippen molar-refractivity contribution < 1.29 is 0 Å². The summed E-state index contributed by atoms with van der Waals surface area (Å²) in [6.45, 7) is 2.49. The van der Waals surface area contributed by atoms with E-state index in [4.69, 9.17) is 0 Å². The van der Waals surface area contributed by atoms with E-state index in [1.54, 1.807) is 23.1 Å². The van der Waals surface area contributed by atoms with Gasteiger partial charge in [0.2, 0.25) is 0 Å². The topological polar surface area (TPSA) is 68.0 Å². The number of nitrogens with one attached hydrogen (secondary N) is 1. The van der Waals surface area contributed by atoms with Gasteiger partial charge in [-0.05, 0) is 35.0 Å². The van der Waals surface area contributed by atoms with Gasteiger partial charge < -0.3 is 5.32 Å². The van der Waals surface area contributed by atoms with Crippen LogP contribution in [0.25, 0.3) is 5.65 Å². The first-order chi connectivity index (χ1) is 9.22. The van der Waals surface area contributed by atoms with E-state index in [1.807, 2.05) is 19.1 Å². The van der Waals surface area contributed by atoms with Gasteiger partial charge in [-0.25, -0.2) is 9.50 Å². The molecule has 0 bridgehead atoms. The molecule has 1 N–H and O–H groups in total. The third-order valence-electron chi connectivity index (χ3n) is 2.61. The molecule has 0 fully saturated rings. The number of hydrogen-bond acceptors (Lipinski definition) is 5. The normalized spacial score (nSPS) is 10.8. The Morgan fingerprint density at radius 2 is 2.05 bits per heavy atom. The summed E-state index contributed by atoms with van der Waals surface area (Å²) >= 11 is 3.39. The van der Waals surface area contributed by atoms with E-state index in [2.05, 4.69) is 41.3 Å². The van der Waals surface area contributed by atoms with Crippen molar-refractivity contribution in [2.45, 2.75) is 13.5 Å². The van der Waals surface area contributed by atoms with E-state index < -0.39 is 0 Å². The Morgan fingerprint density at radius 3 is 2.84 bits per heavy atom. The maximum absolute atomic E-state index is 4.42. The van der Waals surface area contributed by atoms with E-state index in [0.29, 0.717) is 6.54 Å². The summed E-state index contributed by atoms with van der Waals surface area (Å²) in [7, 11) is 0. The molecular formula is C12H11BrN6. The maximum Gasteiger partial charge on any atom is 0.154 e. The zero-order chi connectivity index (χ0) is 13.2. The van der Waals surface area contributed by atoms with Gasteiger partial charge in [0, 0.05) is 6.20 Å². The number of fused-ring (bicyclic) bond motifs is 1. The molecule has 0 aliphatic rings. The van der Waals surface area contributed by atoms with Gasteiger partial charge in [0.05, 0.1) is 30.3 Å². The molecule has 3 rings (SSSR count). The average Bonchev–Trinajstić information content (AvgIpc) is 2.80. The average molecular weight is 319 g/mol. The molecule has 6 nitrogen and oxygen atoms in total. The quantitative estimate of drug-likeness (QED) is 0.801. The highest BCUT2D eigenvalue weighted by molar-refractivity contribution is 9.10. The fourth-order valence-corrected chi connectivity index (χ4v) is 1.99. The van der Waals surface area contributed by atoms with Crippen LogP contribution in [0.4, 0.5) is 5.82 Å². The smallest absolute Gasteiger partial charge is 0.154 e. The lowest BCUT2D eigenvalue weighted by molar-refractivity contribution is 0.897. The minimum Gasteiger partial charge on any atom is -0.363 e. The zero-order valence-electron chi connectivity index (χ0n) is 10.2. The Kier molecular flexibility index (Phi) is 3.12. The summed E-state index contributed by atoms with van der Waals surface area (Å²) in [6, 6.07) is 3.79. The number of anilines is 1. The molecule has 0 saturated carbocycles.